The van der Waals surface area contributed by atoms with Crippen LogP contribution in [0.4, 0.5) is 4.39 Å². The van der Waals surface area contributed by atoms with Crippen LogP contribution in [0.5, 0.6) is 0 Å². The first-order valence-corrected chi connectivity index (χ1v) is 5.66. The monoisotopic (exact) mass is 227 g/mol. The Bertz CT molecular complexity index is 367. The van der Waals surface area contributed by atoms with Gasteiger partial charge in [0.15, 0.2) is 0 Å². The Kier molecular flexibility index (Phi) is 2.98. The van der Waals surface area contributed by atoms with Crippen LogP contribution in [0.2, 0.25) is 5.02 Å². The van der Waals surface area contributed by atoms with Gasteiger partial charge in [-0.1, -0.05) is 17.7 Å². The fourth-order valence-electron chi connectivity index (χ4n) is 2.39. The van der Waals surface area contributed by atoms with Gasteiger partial charge in [0, 0.05) is 18.0 Å². The van der Waals surface area contributed by atoms with Crippen molar-refractivity contribution in [2.75, 3.05) is 0 Å². The Morgan fingerprint density at radius 1 is 1.40 bits per heavy atom. The predicted octanol–water partition coefficient (Wildman–Crippen LogP) is 3.33. The van der Waals surface area contributed by atoms with Crippen molar-refractivity contribution in [1.82, 2.24) is 5.32 Å². The number of halogens is 2. The van der Waals surface area contributed by atoms with E-state index in [2.05, 4.69) is 19.2 Å². The van der Waals surface area contributed by atoms with Gasteiger partial charge >= 0.3 is 0 Å². The van der Waals surface area contributed by atoms with Gasteiger partial charge in [-0.15, -0.1) is 0 Å². The van der Waals surface area contributed by atoms with E-state index < -0.39 is 0 Å². The molecule has 0 aromatic heterocycles. The topological polar surface area (TPSA) is 12.0 Å². The third-order valence-corrected chi connectivity index (χ3v) is 3.44. The lowest BCUT2D eigenvalue weighted by Gasteiger charge is -2.15. The summed E-state index contributed by atoms with van der Waals surface area (Å²) in [5.41, 5.74) is 1.04. The van der Waals surface area contributed by atoms with Crippen LogP contribution < -0.4 is 5.32 Å². The first-order valence-electron chi connectivity index (χ1n) is 5.29. The van der Waals surface area contributed by atoms with E-state index in [-0.39, 0.29) is 10.8 Å². The van der Waals surface area contributed by atoms with Crippen molar-refractivity contribution >= 4 is 11.6 Å². The number of nitrogens with one attached hydrogen (secondary N) is 1. The molecule has 1 N–H and O–H groups in total. The van der Waals surface area contributed by atoms with E-state index >= 15 is 0 Å². The molecular weight excluding hydrogens is 213 g/mol. The van der Waals surface area contributed by atoms with Gasteiger partial charge in [-0.25, -0.2) is 4.39 Å². The van der Waals surface area contributed by atoms with Crippen molar-refractivity contribution < 1.29 is 4.39 Å². The second-order valence-corrected chi connectivity index (χ2v) is 4.78. The molecule has 82 valence electrons. The lowest BCUT2D eigenvalue weighted by atomic mass is 9.92. The third-order valence-electron chi connectivity index (χ3n) is 3.13. The van der Waals surface area contributed by atoms with E-state index in [0.717, 1.165) is 12.0 Å². The Labute approximate surface area is 94.6 Å². The highest BCUT2D eigenvalue weighted by Crippen LogP contribution is 2.32. The molecule has 0 radical (unpaired) electrons. The fraction of sp³-hybridized carbons (Fsp3) is 0.500. The number of benzene rings is 1. The van der Waals surface area contributed by atoms with Crippen LogP contribution in [-0.2, 0) is 0 Å². The zero-order valence-electron chi connectivity index (χ0n) is 8.93. The summed E-state index contributed by atoms with van der Waals surface area (Å²) in [5, 5.41) is 3.64. The first kappa shape index (κ1) is 10.9. The van der Waals surface area contributed by atoms with Crippen LogP contribution in [-0.4, -0.2) is 12.1 Å². The molecule has 3 heteroatoms. The molecule has 1 saturated heterocycles. The van der Waals surface area contributed by atoms with Crippen LogP contribution in [0.25, 0.3) is 0 Å². The molecule has 1 fully saturated rings. The van der Waals surface area contributed by atoms with E-state index in [0.29, 0.717) is 18.0 Å². The van der Waals surface area contributed by atoms with E-state index in [4.69, 9.17) is 11.6 Å². The van der Waals surface area contributed by atoms with Crippen molar-refractivity contribution in [2.45, 2.75) is 38.3 Å². The quantitative estimate of drug-likeness (QED) is 0.776. The highest BCUT2D eigenvalue weighted by atomic mass is 35.5. The average molecular weight is 228 g/mol. The van der Waals surface area contributed by atoms with E-state index in [9.17, 15) is 4.39 Å². The molecule has 1 aliphatic heterocycles. The molecule has 1 aliphatic rings. The molecule has 0 amide bonds. The minimum Gasteiger partial charge on any atom is -0.311 e. The largest absolute Gasteiger partial charge is 0.311 e. The van der Waals surface area contributed by atoms with Gasteiger partial charge in [-0.05, 0) is 38.0 Å². The maximum absolute atomic E-state index is 13.3. The molecule has 1 nitrogen and oxygen atoms in total. The maximum Gasteiger partial charge on any atom is 0.142 e. The predicted molar refractivity (Wildman–Crippen MR) is 60.8 cm³/mol. The van der Waals surface area contributed by atoms with Crippen LogP contribution in [0.1, 0.15) is 31.7 Å². The molecule has 15 heavy (non-hydrogen) atoms. The average Bonchev–Trinajstić information content (AvgIpc) is 2.50. The van der Waals surface area contributed by atoms with Gasteiger partial charge in [-0.3, -0.25) is 0 Å². The van der Waals surface area contributed by atoms with Crippen LogP contribution in [0.3, 0.4) is 0 Å². The summed E-state index contributed by atoms with van der Waals surface area (Å²) in [6.45, 7) is 4.30. The molecule has 1 heterocycles. The number of hydrogen-bond acceptors (Lipinski definition) is 1. The van der Waals surface area contributed by atoms with E-state index in [1.807, 2.05) is 6.07 Å². The van der Waals surface area contributed by atoms with Gasteiger partial charge in [-0.2, -0.15) is 0 Å². The molecule has 0 spiro atoms. The van der Waals surface area contributed by atoms with Crippen LogP contribution >= 0.6 is 11.6 Å². The van der Waals surface area contributed by atoms with Crippen molar-refractivity contribution in [1.29, 1.82) is 0 Å². The standard InChI is InChI=1S/C12H15ClFN/c1-7-5-10(8(2)15-7)9-3-4-11(13)12(14)6-9/h3-4,6-8,10,15H,5H2,1-2H3. The van der Waals surface area contributed by atoms with Gasteiger partial charge in [0.1, 0.15) is 5.82 Å². The molecule has 1 aromatic carbocycles. The van der Waals surface area contributed by atoms with Crippen LogP contribution in [0, 0.1) is 5.82 Å². The fourth-order valence-corrected chi connectivity index (χ4v) is 2.50. The molecule has 0 saturated carbocycles. The third kappa shape index (κ3) is 2.16. The van der Waals surface area contributed by atoms with Crippen molar-refractivity contribution in [3.8, 4) is 0 Å². The zero-order valence-corrected chi connectivity index (χ0v) is 9.68. The first-order chi connectivity index (χ1) is 7.08. The number of hydrogen-bond donors (Lipinski definition) is 1. The normalized spacial score (nSPS) is 30.8. The zero-order chi connectivity index (χ0) is 11.0. The molecule has 3 atom stereocenters. The van der Waals surface area contributed by atoms with E-state index in [1.54, 1.807) is 12.1 Å². The SMILES string of the molecule is CC1CC(c2ccc(Cl)c(F)c2)C(C)N1. The molecule has 0 bridgehead atoms. The molecular formula is C12H15ClFN. The van der Waals surface area contributed by atoms with Crippen LogP contribution in [0.15, 0.2) is 18.2 Å². The smallest absolute Gasteiger partial charge is 0.142 e. The van der Waals surface area contributed by atoms with Gasteiger partial charge < -0.3 is 5.32 Å². The molecule has 2 rings (SSSR count). The Hall–Kier alpha value is -0.600. The Morgan fingerprint density at radius 2 is 2.13 bits per heavy atom. The van der Waals surface area contributed by atoms with Gasteiger partial charge in [0.25, 0.3) is 0 Å². The molecule has 1 aromatic rings. The summed E-state index contributed by atoms with van der Waals surface area (Å²) in [7, 11) is 0. The molecule has 3 unspecified atom stereocenters. The molecule has 0 aliphatic carbocycles. The summed E-state index contributed by atoms with van der Waals surface area (Å²) in [5.74, 6) is 0.0766. The Morgan fingerprint density at radius 3 is 2.67 bits per heavy atom. The van der Waals surface area contributed by atoms with Crippen molar-refractivity contribution in [3.05, 3.63) is 34.6 Å². The second-order valence-electron chi connectivity index (χ2n) is 4.37. The summed E-state index contributed by atoms with van der Waals surface area (Å²) < 4.78 is 13.3. The Balaban J connectivity index is 2.26. The minimum atomic E-state index is -0.319. The number of rotatable bonds is 1. The maximum atomic E-state index is 13.3. The van der Waals surface area contributed by atoms with E-state index in [1.165, 1.54) is 0 Å². The van der Waals surface area contributed by atoms with Crippen molar-refractivity contribution in [2.24, 2.45) is 0 Å². The van der Waals surface area contributed by atoms with Gasteiger partial charge in [0.05, 0.1) is 5.02 Å². The summed E-state index contributed by atoms with van der Waals surface area (Å²) in [4.78, 5) is 0. The van der Waals surface area contributed by atoms with Crippen molar-refractivity contribution in [3.63, 3.8) is 0 Å². The summed E-state index contributed by atoms with van der Waals surface area (Å²) in [6, 6.07) is 6.03. The lowest BCUT2D eigenvalue weighted by Crippen LogP contribution is -2.26. The highest BCUT2D eigenvalue weighted by Gasteiger charge is 2.29. The lowest BCUT2D eigenvalue weighted by molar-refractivity contribution is 0.570. The minimum absolute atomic E-state index is 0.199. The second kappa shape index (κ2) is 4.11. The van der Waals surface area contributed by atoms with Gasteiger partial charge in [0.2, 0.25) is 0 Å². The summed E-state index contributed by atoms with van der Waals surface area (Å²) >= 11 is 5.66. The highest BCUT2D eigenvalue weighted by molar-refractivity contribution is 6.30. The summed E-state index contributed by atoms with van der Waals surface area (Å²) in [6.07, 6.45) is 1.06.